The van der Waals surface area contributed by atoms with Crippen molar-refractivity contribution < 1.29 is 9.48 Å². The van der Waals surface area contributed by atoms with E-state index < -0.39 is 0 Å². The average molecular weight is 280 g/mol. The van der Waals surface area contributed by atoms with Crippen LogP contribution in [0.5, 0.6) is 0 Å². The molecule has 0 saturated carbocycles. The van der Waals surface area contributed by atoms with Crippen LogP contribution in [0.1, 0.15) is 12.0 Å². The number of carbonyl (C=O) groups is 1. The first kappa shape index (κ1) is 13.5. The van der Waals surface area contributed by atoms with Crippen molar-refractivity contribution in [2.24, 2.45) is 7.05 Å². The number of aryl methyl sites for hydroxylation is 2. The molecule has 0 amide bonds. The highest BCUT2D eigenvalue weighted by atomic mass is 16.1. The number of rotatable bonds is 5. The monoisotopic (exact) mass is 280 g/mol. The van der Waals surface area contributed by atoms with Crippen LogP contribution < -0.4 is 4.68 Å². The summed E-state index contributed by atoms with van der Waals surface area (Å²) < 4.78 is 1.93. The third kappa shape index (κ3) is 2.99. The van der Waals surface area contributed by atoms with Gasteiger partial charge in [0.25, 0.3) is 0 Å². The molecule has 0 radical (unpaired) electrons. The van der Waals surface area contributed by atoms with Crippen molar-refractivity contribution in [2.45, 2.75) is 19.4 Å². The largest absolute Gasteiger partial charge is 0.297 e. The van der Waals surface area contributed by atoms with Crippen molar-refractivity contribution in [1.82, 2.24) is 9.90 Å². The fraction of sp³-hybridized carbons (Fsp3) is 0.235. The molecule has 1 heterocycles. The lowest BCUT2D eigenvalue weighted by molar-refractivity contribution is -0.734. The van der Waals surface area contributed by atoms with Crippen LogP contribution in [0.2, 0.25) is 0 Å². The molecule has 21 heavy (non-hydrogen) atoms. The molecule has 0 bridgehead atoms. The van der Waals surface area contributed by atoms with Crippen molar-refractivity contribution in [3.63, 3.8) is 0 Å². The van der Waals surface area contributed by atoms with E-state index in [9.17, 15) is 4.79 Å². The molecule has 0 aliphatic rings. The van der Waals surface area contributed by atoms with Gasteiger partial charge in [0.2, 0.25) is 11.0 Å². The molecule has 0 N–H and O–H groups in total. The Morgan fingerprint density at radius 1 is 1.10 bits per heavy atom. The lowest BCUT2D eigenvalue weighted by atomic mass is 10.1. The molecule has 0 unspecified atom stereocenters. The Bertz CT molecular complexity index is 762. The lowest BCUT2D eigenvalue weighted by Crippen LogP contribution is -2.41. The second kappa shape index (κ2) is 5.87. The van der Waals surface area contributed by atoms with Crippen LogP contribution in [0.25, 0.3) is 11.0 Å². The molecule has 4 nitrogen and oxygen atoms in total. The number of nitrogens with zero attached hydrogens (tertiary/aromatic N) is 3. The van der Waals surface area contributed by atoms with Gasteiger partial charge >= 0.3 is 0 Å². The third-order valence-electron chi connectivity index (χ3n) is 3.65. The van der Waals surface area contributed by atoms with E-state index in [2.05, 4.69) is 17.2 Å². The number of Topliss-reactive ketones (excluding diaryl/α,β-unsaturated/α-hetero) is 1. The summed E-state index contributed by atoms with van der Waals surface area (Å²) in [7, 11) is 1.93. The van der Waals surface area contributed by atoms with E-state index >= 15 is 0 Å². The minimum atomic E-state index is 0.197. The zero-order valence-electron chi connectivity index (χ0n) is 12.1. The van der Waals surface area contributed by atoms with Gasteiger partial charge in [-0.15, -0.1) is 0 Å². The summed E-state index contributed by atoms with van der Waals surface area (Å²) in [5, 5.41) is 4.47. The molecule has 0 saturated heterocycles. The maximum atomic E-state index is 12.1. The Labute approximate surface area is 123 Å². The normalized spacial score (nSPS) is 10.9. The predicted molar refractivity (Wildman–Crippen MR) is 80.7 cm³/mol. The molecule has 0 aliphatic heterocycles. The fourth-order valence-corrected chi connectivity index (χ4v) is 2.44. The molecule has 0 aliphatic carbocycles. The maximum absolute atomic E-state index is 12.1. The minimum Gasteiger partial charge on any atom is -0.297 e. The van der Waals surface area contributed by atoms with Gasteiger partial charge in [-0.25, -0.2) is 0 Å². The molecular formula is C17H18N3O+. The molecule has 3 rings (SSSR count). The van der Waals surface area contributed by atoms with Gasteiger partial charge in [-0.05, 0) is 28.9 Å². The van der Waals surface area contributed by atoms with Gasteiger partial charge in [-0.2, -0.15) is 4.68 Å². The fourth-order valence-electron chi connectivity index (χ4n) is 2.44. The first-order chi connectivity index (χ1) is 10.2. The SMILES string of the molecule is C[n+]1c2ccccc2nn1CC(=O)CCc1ccccc1. The quantitative estimate of drug-likeness (QED) is 0.671. The Balaban J connectivity index is 1.67. The summed E-state index contributed by atoms with van der Waals surface area (Å²) in [6, 6.07) is 18.0. The average Bonchev–Trinajstić information content (AvgIpc) is 2.83. The van der Waals surface area contributed by atoms with Crippen LogP contribution in [-0.4, -0.2) is 15.7 Å². The Morgan fingerprint density at radius 3 is 2.57 bits per heavy atom. The van der Waals surface area contributed by atoms with Crippen LogP contribution in [0.15, 0.2) is 54.6 Å². The van der Waals surface area contributed by atoms with E-state index in [0.29, 0.717) is 13.0 Å². The van der Waals surface area contributed by atoms with Gasteiger partial charge in [0, 0.05) is 11.5 Å². The predicted octanol–water partition coefficient (Wildman–Crippen LogP) is 2.06. The van der Waals surface area contributed by atoms with Gasteiger partial charge in [0.1, 0.15) is 7.05 Å². The zero-order valence-corrected chi connectivity index (χ0v) is 12.1. The highest BCUT2D eigenvalue weighted by Gasteiger charge is 2.17. The lowest BCUT2D eigenvalue weighted by Gasteiger charge is -2.00. The maximum Gasteiger partial charge on any atom is 0.249 e. The second-order valence-corrected chi connectivity index (χ2v) is 5.17. The van der Waals surface area contributed by atoms with Crippen molar-refractivity contribution in [3.05, 3.63) is 60.2 Å². The summed E-state index contributed by atoms with van der Waals surface area (Å²) in [6.07, 6.45) is 1.32. The van der Waals surface area contributed by atoms with Gasteiger partial charge < -0.3 is 0 Å². The van der Waals surface area contributed by atoms with E-state index in [4.69, 9.17) is 0 Å². The Kier molecular flexibility index (Phi) is 3.77. The van der Waals surface area contributed by atoms with Crippen LogP contribution in [0, 0.1) is 0 Å². The molecule has 0 spiro atoms. The van der Waals surface area contributed by atoms with Crippen LogP contribution >= 0.6 is 0 Å². The van der Waals surface area contributed by atoms with Gasteiger partial charge in [-0.3, -0.25) is 4.79 Å². The molecule has 1 aromatic heterocycles. The van der Waals surface area contributed by atoms with E-state index in [1.54, 1.807) is 4.80 Å². The van der Waals surface area contributed by atoms with Gasteiger partial charge in [0.15, 0.2) is 12.3 Å². The minimum absolute atomic E-state index is 0.197. The number of carbonyl (C=O) groups excluding carboxylic acids is 1. The zero-order chi connectivity index (χ0) is 14.7. The van der Waals surface area contributed by atoms with Crippen molar-refractivity contribution in [1.29, 1.82) is 0 Å². The van der Waals surface area contributed by atoms with Gasteiger partial charge in [0.05, 0.1) is 0 Å². The molecule has 4 heteroatoms. The van der Waals surface area contributed by atoms with E-state index in [0.717, 1.165) is 17.5 Å². The van der Waals surface area contributed by atoms with Crippen molar-refractivity contribution in [3.8, 4) is 0 Å². The summed E-state index contributed by atoms with van der Waals surface area (Å²) in [5.41, 5.74) is 3.14. The number of hydrogen-bond acceptors (Lipinski definition) is 2. The summed E-state index contributed by atoms with van der Waals surface area (Å²) in [4.78, 5) is 13.9. The molecule has 106 valence electrons. The van der Waals surface area contributed by atoms with Crippen molar-refractivity contribution >= 4 is 16.8 Å². The van der Waals surface area contributed by atoms with Crippen LogP contribution in [-0.2, 0) is 24.8 Å². The Hall–Kier alpha value is -2.49. The molecule has 0 atom stereocenters. The van der Waals surface area contributed by atoms with Crippen LogP contribution in [0.3, 0.4) is 0 Å². The number of para-hydroxylation sites is 1. The molecule has 0 fully saturated rings. The third-order valence-corrected chi connectivity index (χ3v) is 3.65. The van der Waals surface area contributed by atoms with Gasteiger partial charge in [-0.1, -0.05) is 42.5 Å². The number of hydrogen-bond donors (Lipinski definition) is 0. The number of aromatic nitrogens is 3. The van der Waals surface area contributed by atoms with E-state index in [-0.39, 0.29) is 5.78 Å². The standard InChI is InChI=1S/C17H18N3O/c1-19-17-10-6-5-9-16(17)18-20(19)13-15(21)12-11-14-7-3-2-4-8-14/h2-10H,11-13H2,1H3/q+1. The highest BCUT2D eigenvalue weighted by Crippen LogP contribution is 2.06. The highest BCUT2D eigenvalue weighted by molar-refractivity contribution is 5.78. The smallest absolute Gasteiger partial charge is 0.249 e. The number of fused-ring (bicyclic) bond motifs is 1. The summed E-state index contributed by atoms with van der Waals surface area (Å²) in [6.45, 7) is 0.317. The van der Waals surface area contributed by atoms with E-state index in [1.807, 2.05) is 54.2 Å². The Morgan fingerprint density at radius 2 is 1.81 bits per heavy atom. The van der Waals surface area contributed by atoms with E-state index in [1.165, 1.54) is 5.56 Å². The molecular weight excluding hydrogens is 262 g/mol. The number of benzene rings is 2. The molecule has 2 aromatic carbocycles. The van der Waals surface area contributed by atoms with Crippen LogP contribution in [0.4, 0.5) is 0 Å². The van der Waals surface area contributed by atoms with Crippen molar-refractivity contribution in [2.75, 3.05) is 0 Å². The first-order valence-corrected chi connectivity index (χ1v) is 7.11. The summed E-state index contributed by atoms with van der Waals surface area (Å²) in [5.74, 6) is 0.197. The molecule has 3 aromatic rings. The topological polar surface area (TPSA) is 38.8 Å². The first-order valence-electron chi connectivity index (χ1n) is 7.11. The second-order valence-electron chi connectivity index (χ2n) is 5.17. The summed E-state index contributed by atoms with van der Waals surface area (Å²) >= 11 is 0. The number of ketones is 1.